The first kappa shape index (κ1) is 11.3. The van der Waals surface area contributed by atoms with Crippen LogP contribution in [0.15, 0.2) is 0 Å². The maximum absolute atomic E-state index is 9.19. The smallest absolute Gasteiger partial charge is 0.111 e. The van der Waals surface area contributed by atoms with Gasteiger partial charge in [0.2, 0.25) is 0 Å². The van der Waals surface area contributed by atoms with Crippen LogP contribution in [0.25, 0.3) is 0 Å². The van der Waals surface area contributed by atoms with Crippen LogP contribution >= 0.6 is 0 Å². The monoisotopic (exact) mass is 245 g/mol. The summed E-state index contributed by atoms with van der Waals surface area (Å²) in [5.41, 5.74) is 3.77. The molecule has 1 N–H and O–H groups in total. The van der Waals surface area contributed by atoms with E-state index in [0.29, 0.717) is 6.04 Å². The van der Waals surface area contributed by atoms with Gasteiger partial charge in [-0.2, -0.15) is 5.26 Å². The summed E-state index contributed by atoms with van der Waals surface area (Å²) in [5, 5.41) is 11.4. The summed E-state index contributed by atoms with van der Waals surface area (Å²) in [7, 11) is 0. The van der Waals surface area contributed by atoms with Crippen LogP contribution in [0.5, 0.6) is 0 Å². The van der Waals surface area contributed by atoms with Crippen molar-refractivity contribution in [3.8, 4) is 6.07 Å². The molecular weight excluding hydrogens is 222 g/mol. The standard InChI is InChI=1S/C15H23N3/c16-9-14-2-1-3-18(14)17-15-12-5-10-4-11(7-12)8-13(15)6-10/h10-15,17H,1-8H2. The molecule has 5 aliphatic rings. The normalized spacial score (nSPS) is 50.6. The van der Waals surface area contributed by atoms with Gasteiger partial charge in [0.25, 0.3) is 0 Å². The van der Waals surface area contributed by atoms with Crippen LogP contribution < -0.4 is 5.43 Å². The molecule has 4 saturated carbocycles. The molecule has 4 bridgehead atoms. The Balaban J connectivity index is 1.47. The van der Waals surface area contributed by atoms with Gasteiger partial charge in [0, 0.05) is 12.6 Å². The van der Waals surface area contributed by atoms with Gasteiger partial charge in [0.15, 0.2) is 0 Å². The van der Waals surface area contributed by atoms with Gasteiger partial charge in [-0.3, -0.25) is 5.43 Å². The summed E-state index contributed by atoms with van der Waals surface area (Å²) >= 11 is 0. The summed E-state index contributed by atoms with van der Waals surface area (Å²) in [6.07, 6.45) is 9.57. The third-order valence-electron chi connectivity index (χ3n) is 5.94. The first-order valence-corrected chi connectivity index (χ1v) is 7.76. The Hall–Kier alpha value is -0.590. The summed E-state index contributed by atoms with van der Waals surface area (Å²) in [4.78, 5) is 0. The van der Waals surface area contributed by atoms with Crippen molar-refractivity contribution in [1.29, 1.82) is 5.26 Å². The third-order valence-corrected chi connectivity index (χ3v) is 5.94. The molecule has 5 rings (SSSR count). The van der Waals surface area contributed by atoms with Crippen LogP contribution in [0.3, 0.4) is 0 Å². The van der Waals surface area contributed by atoms with Gasteiger partial charge in [0.1, 0.15) is 6.04 Å². The highest BCUT2D eigenvalue weighted by Gasteiger charge is 2.49. The lowest BCUT2D eigenvalue weighted by Crippen LogP contribution is -2.59. The molecule has 1 heterocycles. The summed E-state index contributed by atoms with van der Waals surface area (Å²) in [6, 6.07) is 3.26. The van der Waals surface area contributed by atoms with Gasteiger partial charge in [-0.1, -0.05) is 0 Å². The average Bonchev–Trinajstić information content (AvgIpc) is 2.80. The quantitative estimate of drug-likeness (QED) is 0.811. The predicted molar refractivity (Wildman–Crippen MR) is 69.3 cm³/mol. The second-order valence-corrected chi connectivity index (χ2v) is 7.07. The van der Waals surface area contributed by atoms with E-state index in [4.69, 9.17) is 0 Å². The highest BCUT2D eigenvalue weighted by Crippen LogP contribution is 2.53. The van der Waals surface area contributed by atoms with E-state index in [-0.39, 0.29) is 6.04 Å². The molecular formula is C15H23N3. The van der Waals surface area contributed by atoms with Crippen molar-refractivity contribution in [2.75, 3.05) is 6.54 Å². The summed E-state index contributed by atoms with van der Waals surface area (Å²) in [5.74, 6) is 3.88. The maximum atomic E-state index is 9.19. The SMILES string of the molecule is N#CC1CCCN1NC1C2CC3CC(C2)CC1C3. The second kappa shape index (κ2) is 4.21. The Morgan fingerprint density at radius 2 is 1.67 bits per heavy atom. The van der Waals surface area contributed by atoms with E-state index in [9.17, 15) is 5.26 Å². The Labute approximate surface area is 109 Å². The molecule has 3 nitrogen and oxygen atoms in total. The maximum Gasteiger partial charge on any atom is 0.111 e. The summed E-state index contributed by atoms with van der Waals surface area (Å²) in [6.45, 7) is 1.07. The number of nitrogens with zero attached hydrogens (tertiary/aromatic N) is 2. The van der Waals surface area contributed by atoms with Crippen LogP contribution in [0, 0.1) is 35.0 Å². The molecule has 3 heteroatoms. The van der Waals surface area contributed by atoms with E-state index in [1.54, 1.807) is 0 Å². The number of nitriles is 1. The zero-order valence-corrected chi connectivity index (χ0v) is 11.0. The first-order chi connectivity index (χ1) is 8.83. The zero-order chi connectivity index (χ0) is 12.1. The highest BCUT2D eigenvalue weighted by atomic mass is 15.5. The lowest BCUT2D eigenvalue weighted by atomic mass is 9.54. The lowest BCUT2D eigenvalue weighted by molar-refractivity contribution is -0.0426. The highest BCUT2D eigenvalue weighted by molar-refractivity contribution is 5.02. The molecule has 1 atom stereocenters. The molecule has 5 fully saturated rings. The van der Waals surface area contributed by atoms with E-state index < -0.39 is 0 Å². The Morgan fingerprint density at radius 1 is 1.00 bits per heavy atom. The van der Waals surface area contributed by atoms with Crippen molar-refractivity contribution in [1.82, 2.24) is 10.4 Å². The predicted octanol–water partition coefficient (Wildman–Crippen LogP) is 2.30. The van der Waals surface area contributed by atoms with E-state index >= 15 is 0 Å². The molecule has 0 aromatic rings. The molecule has 0 spiro atoms. The van der Waals surface area contributed by atoms with Gasteiger partial charge in [0.05, 0.1) is 6.07 Å². The molecule has 1 aliphatic heterocycles. The molecule has 0 aromatic carbocycles. The van der Waals surface area contributed by atoms with Crippen molar-refractivity contribution >= 4 is 0 Å². The van der Waals surface area contributed by atoms with E-state index in [1.165, 1.54) is 38.5 Å². The Bertz CT molecular complexity index is 344. The number of hydrogen-bond donors (Lipinski definition) is 1. The largest absolute Gasteiger partial charge is 0.250 e. The van der Waals surface area contributed by atoms with Crippen molar-refractivity contribution in [2.24, 2.45) is 23.7 Å². The molecule has 98 valence electrons. The molecule has 4 aliphatic carbocycles. The molecule has 0 radical (unpaired) electrons. The molecule has 1 saturated heterocycles. The van der Waals surface area contributed by atoms with E-state index in [2.05, 4.69) is 16.5 Å². The van der Waals surface area contributed by atoms with Crippen molar-refractivity contribution in [3.63, 3.8) is 0 Å². The average molecular weight is 245 g/mol. The van der Waals surface area contributed by atoms with Gasteiger partial charge < -0.3 is 0 Å². The number of hydrazine groups is 1. The van der Waals surface area contributed by atoms with Crippen LogP contribution in [-0.4, -0.2) is 23.6 Å². The van der Waals surface area contributed by atoms with Crippen LogP contribution in [0.2, 0.25) is 0 Å². The van der Waals surface area contributed by atoms with E-state index in [1.807, 2.05) is 0 Å². The van der Waals surface area contributed by atoms with Crippen molar-refractivity contribution < 1.29 is 0 Å². The zero-order valence-electron chi connectivity index (χ0n) is 11.0. The van der Waals surface area contributed by atoms with Gasteiger partial charge in [-0.05, 0) is 68.6 Å². The fourth-order valence-corrected chi connectivity index (χ4v) is 5.38. The number of hydrogen-bond acceptors (Lipinski definition) is 3. The number of rotatable bonds is 2. The first-order valence-electron chi connectivity index (χ1n) is 7.76. The van der Waals surface area contributed by atoms with Gasteiger partial charge in [-0.15, -0.1) is 0 Å². The van der Waals surface area contributed by atoms with E-state index in [0.717, 1.165) is 36.6 Å². The van der Waals surface area contributed by atoms with Gasteiger partial charge >= 0.3 is 0 Å². The topological polar surface area (TPSA) is 39.1 Å². The molecule has 18 heavy (non-hydrogen) atoms. The van der Waals surface area contributed by atoms with Crippen LogP contribution in [0.1, 0.15) is 44.9 Å². The summed E-state index contributed by atoms with van der Waals surface area (Å²) < 4.78 is 0. The molecule has 0 aromatic heterocycles. The second-order valence-electron chi connectivity index (χ2n) is 7.07. The van der Waals surface area contributed by atoms with Gasteiger partial charge in [-0.25, -0.2) is 5.01 Å². The lowest BCUT2D eigenvalue weighted by Gasteiger charge is -2.55. The third kappa shape index (κ3) is 1.70. The number of nitrogens with one attached hydrogen (secondary N) is 1. The van der Waals surface area contributed by atoms with Crippen molar-refractivity contribution in [3.05, 3.63) is 0 Å². The Kier molecular flexibility index (Phi) is 2.63. The molecule has 1 unspecified atom stereocenters. The minimum Gasteiger partial charge on any atom is -0.250 e. The fraction of sp³-hybridized carbons (Fsp3) is 0.933. The fourth-order valence-electron chi connectivity index (χ4n) is 5.38. The Morgan fingerprint density at radius 3 is 2.28 bits per heavy atom. The van der Waals surface area contributed by atoms with Crippen LogP contribution in [0.4, 0.5) is 0 Å². The minimum absolute atomic E-state index is 0.127. The molecule has 0 amide bonds. The van der Waals surface area contributed by atoms with Crippen molar-refractivity contribution in [2.45, 2.75) is 57.0 Å². The minimum atomic E-state index is 0.127. The van der Waals surface area contributed by atoms with Crippen LogP contribution in [-0.2, 0) is 0 Å².